The van der Waals surface area contributed by atoms with Gasteiger partial charge in [0.2, 0.25) is 0 Å². The number of nitrogens with zero attached hydrogens (tertiary/aromatic N) is 2. The van der Waals surface area contributed by atoms with Crippen LogP contribution in [0.1, 0.15) is 6.42 Å². The molecule has 1 saturated heterocycles. The van der Waals surface area contributed by atoms with Crippen molar-refractivity contribution in [3.63, 3.8) is 0 Å². The predicted molar refractivity (Wildman–Crippen MR) is 120 cm³/mol. The summed E-state index contributed by atoms with van der Waals surface area (Å²) >= 11 is 1.51. The third-order valence-electron chi connectivity index (χ3n) is 5.34. The van der Waals surface area contributed by atoms with E-state index in [1.807, 2.05) is 24.3 Å². The van der Waals surface area contributed by atoms with Gasteiger partial charge < -0.3 is 14.4 Å². The fourth-order valence-corrected chi connectivity index (χ4v) is 4.52. The van der Waals surface area contributed by atoms with Crippen molar-refractivity contribution in [1.29, 1.82) is 0 Å². The van der Waals surface area contributed by atoms with Crippen molar-refractivity contribution < 1.29 is 18.8 Å². The molecule has 1 aliphatic rings. The maximum Gasteiger partial charge on any atom is 0.262 e. The van der Waals surface area contributed by atoms with Gasteiger partial charge in [-0.2, -0.15) is 0 Å². The van der Waals surface area contributed by atoms with E-state index in [2.05, 4.69) is 0 Å². The van der Waals surface area contributed by atoms with E-state index >= 15 is 0 Å². The zero-order valence-corrected chi connectivity index (χ0v) is 18.2. The zero-order valence-electron chi connectivity index (χ0n) is 17.4. The number of quaternary nitrogens is 1. The number of fused-ring (bicyclic) bond motifs is 1. The Morgan fingerprint density at radius 1 is 1.13 bits per heavy atom. The standard InChI is InChI=1S/C23H26FN3O3S/c24-18-6-8-19(9-7-18)30-16-17-31-23-25-21-5-2-1-4-20(21)22(28)27(23)11-3-10-26-12-14-29-15-13-26/h1-2,4-9H,3,10-17H2/p+1. The highest BCUT2D eigenvalue weighted by Crippen LogP contribution is 2.19. The van der Waals surface area contributed by atoms with Gasteiger partial charge in [0.1, 0.15) is 24.7 Å². The lowest BCUT2D eigenvalue weighted by molar-refractivity contribution is -0.908. The molecule has 164 valence electrons. The molecule has 0 amide bonds. The van der Waals surface area contributed by atoms with Gasteiger partial charge in [-0.25, -0.2) is 9.37 Å². The highest BCUT2D eigenvalue weighted by Gasteiger charge is 2.15. The molecule has 2 aromatic carbocycles. The summed E-state index contributed by atoms with van der Waals surface area (Å²) in [7, 11) is 0. The lowest BCUT2D eigenvalue weighted by Crippen LogP contribution is -3.14. The first kappa shape index (κ1) is 21.8. The van der Waals surface area contributed by atoms with Gasteiger partial charge in [0.05, 0.1) is 37.3 Å². The number of halogens is 1. The molecule has 0 bridgehead atoms. The second kappa shape index (κ2) is 10.7. The lowest BCUT2D eigenvalue weighted by atomic mass is 10.2. The molecule has 0 aliphatic carbocycles. The molecule has 1 N–H and O–H groups in total. The first-order chi connectivity index (χ1) is 15.2. The molecule has 1 fully saturated rings. The van der Waals surface area contributed by atoms with Crippen LogP contribution >= 0.6 is 11.8 Å². The molecule has 1 aromatic heterocycles. The van der Waals surface area contributed by atoms with Crippen LogP contribution in [0, 0.1) is 5.82 Å². The largest absolute Gasteiger partial charge is 0.493 e. The molecular formula is C23H27FN3O3S+. The van der Waals surface area contributed by atoms with Crippen molar-refractivity contribution in [2.75, 3.05) is 45.2 Å². The number of rotatable bonds is 9. The number of morpholine rings is 1. The summed E-state index contributed by atoms with van der Waals surface area (Å²) in [6.45, 7) is 5.75. The van der Waals surface area contributed by atoms with Gasteiger partial charge in [-0.3, -0.25) is 9.36 Å². The number of benzene rings is 2. The SMILES string of the molecule is O=c1c2ccccc2nc(SCCOc2ccc(F)cc2)n1CCC[NH+]1CCOCC1. The normalized spacial score (nSPS) is 14.7. The maximum atomic E-state index is 13.1. The van der Waals surface area contributed by atoms with Crippen molar-refractivity contribution in [1.82, 2.24) is 9.55 Å². The van der Waals surface area contributed by atoms with Crippen LogP contribution in [0.5, 0.6) is 5.75 Å². The summed E-state index contributed by atoms with van der Waals surface area (Å²) < 4.78 is 25.9. The van der Waals surface area contributed by atoms with Crippen LogP contribution in [-0.2, 0) is 11.3 Å². The van der Waals surface area contributed by atoms with Gasteiger partial charge >= 0.3 is 0 Å². The van der Waals surface area contributed by atoms with Crippen LogP contribution < -0.4 is 15.2 Å². The fourth-order valence-electron chi connectivity index (χ4n) is 3.68. The Bertz CT molecular complexity index is 1050. The number of ether oxygens (including phenoxy) is 2. The summed E-state index contributed by atoms with van der Waals surface area (Å²) in [5, 5.41) is 1.36. The molecule has 0 spiro atoms. The summed E-state index contributed by atoms with van der Waals surface area (Å²) in [6, 6.07) is 13.4. The maximum absolute atomic E-state index is 13.1. The summed E-state index contributed by atoms with van der Waals surface area (Å²) in [4.78, 5) is 19.4. The Balaban J connectivity index is 1.42. The number of hydrogen-bond donors (Lipinski definition) is 1. The number of hydrogen-bond acceptors (Lipinski definition) is 5. The van der Waals surface area contributed by atoms with Crippen LogP contribution in [0.2, 0.25) is 0 Å². The Morgan fingerprint density at radius 3 is 2.71 bits per heavy atom. The van der Waals surface area contributed by atoms with Crippen molar-refractivity contribution in [2.24, 2.45) is 0 Å². The molecule has 0 unspecified atom stereocenters. The Kier molecular flexibility index (Phi) is 7.56. The van der Waals surface area contributed by atoms with E-state index in [1.54, 1.807) is 16.7 Å². The van der Waals surface area contributed by atoms with Gasteiger partial charge in [0.15, 0.2) is 5.16 Å². The first-order valence-electron chi connectivity index (χ1n) is 10.6. The van der Waals surface area contributed by atoms with Gasteiger partial charge in [-0.1, -0.05) is 23.9 Å². The smallest absolute Gasteiger partial charge is 0.262 e. The van der Waals surface area contributed by atoms with Crippen LogP contribution in [0.3, 0.4) is 0 Å². The Hall–Kier alpha value is -2.42. The van der Waals surface area contributed by atoms with E-state index in [0.29, 0.717) is 40.7 Å². The topological polar surface area (TPSA) is 57.8 Å². The average Bonchev–Trinajstić information content (AvgIpc) is 2.80. The van der Waals surface area contributed by atoms with Crippen LogP contribution in [0.4, 0.5) is 4.39 Å². The molecule has 3 aromatic rings. The molecule has 6 nitrogen and oxygen atoms in total. The Morgan fingerprint density at radius 2 is 1.90 bits per heavy atom. The molecule has 31 heavy (non-hydrogen) atoms. The molecule has 8 heteroatoms. The molecular weight excluding hydrogens is 417 g/mol. The van der Waals surface area contributed by atoms with E-state index in [9.17, 15) is 9.18 Å². The van der Waals surface area contributed by atoms with Gasteiger partial charge in [-0.05, 0) is 36.4 Å². The first-order valence-corrected chi connectivity index (χ1v) is 11.6. The van der Waals surface area contributed by atoms with Gasteiger partial charge in [0.25, 0.3) is 5.56 Å². The van der Waals surface area contributed by atoms with E-state index in [0.717, 1.165) is 39.3 Å². The van der Waals surface area contributed by atoms with Crippen LogP contribution in [-0.4, -0.2) is 54.8 Å². The third-order valence-corrected chi connectivity index (χ3v) is 6.28. The lowest BCUT2D eigenvalue weighted by Gasteiger charge is -2.24. The van der Waals surface area contributed by atoms with Crippen molar-refractivity contribution in [3.8, 4) is 5.75 Å². The quantitative estimate of drug-likeness (QED) is 0.311. The van der Waals surface area contributed by atoms with E-state index < -0.39 is 0 Å². The number of aromatic nitrogens is 2. The van der Waals surface area contributed by atoms with E-state index in [1.165, 1.54) is 28.8 Å². The molecule has 0 saturated carbocycles. The fraction of sp³-hybridized carbons (Fsp3) is 0.391. The summed E-state index contributed by atoms with van der Waals surface area (Å²) in [6.07, 6.45) is 0.912. The summed E-state index contributed by atoms with van der Waals surface area (Å²) in [5.74, 6) is 0.973. The number of thioether (sulfide) groups is 1. The highest BCUT2D eigenvalue weighted by molar-refractivity contribution is 7.99. The highest BCUT2D eigenvalue weighted by atomic mass is 32.2. The van der Waals surface area contributed by atoms with Crippen molar-refractivity contribution in [3.05, 3.63) is 64.7 Å². The predicted octanol–water partition coefficient (Wildman–Crippen LogP) is 2.01. The average molecular weight is 445 g/mol. The minimum absolute atomic E-state index is 0.00419. The van der Waals surface area contributed by atoms with E-state index in [-0.39, 0.29) is 11.4 Å². The van der Waals surface area contributed by atoms with Crippen LogP contribution in [0.15, 0.2) is 58.5 Å². The molecule has 0 radical (unpaired) electrons. The van der Waals surface area contributed by atoms with Gasteiger partial charge in [0, 0.05) is 18.7 Å². The van der Waals surface area contributed by atoms with Crippen molar-refractivity contribution in [2.45, 2.75) is 18.1 Å². The third kappa shape index (κ3) is 5.84. The second-order valence-electron chi connectivity index (χ2n) is 7.49. The molecule has 1 aliphatic heterocycles. The molecule has 0 atom stereocenters. The minimum atomic E-state index is -0.287. The monoisotopic (exact) mass is 444 g/mol. The summed E-state index contributed by atoms with van der Waals surface area (Å²) in [5.41, 5.74) is 0.717. The molecule has 2 heterocycles. The second-order valence-corrected chi connectivity index (χ2v) is 8.55. The van der Waals surface area contributed by atoms with E-state index in [4.69, 9.17) is 14.5 Å². The Labute approximate surface area is 185 Å². The van der Waals surface area contributed by atoms with Crippen molar-refractivity contribution >= 4 is 22.7 Å². The number of para-hydroxylation sites is 1. The minimum Gasteiger partial charge on any atom is -0.493 e. The zero-order chi connectivity index (χ0) is 21.5. The van der Waals surface area contributed by atoms with Crippen LogP contribution in [0.25, 0.3) is 10.9 Å². The van der Waals surface area contributed by atoms with Gasteiger partial charge in [-0.15, -0.1) is 0 Å². The number of nitrogens with one attached hydrogen (secondary N) is 1. The molecule has 4 rings (SSSR count).